The topological polar surface area (TPSA) is 114 Å². The Kier molecular flexibility index (Phi) is 3.92. The molecule has 138 valence electrons. The molecule has 0 unspecified atom stereocenters. The van der Waals surface area contributed by atoms with Crippen LogP contribution in [0.4, 0.5) is 10.1 Å². The van der Waals surface area contributed by atoms with Crippen LogP contribution in [0.2, 0.25) is 0 Å². The molecule has 0 aromatic heterocycles. The van der Waals surface area contributed by atoms with E-state index in [2.05, 4.69) is 0 Å². The lowest BCUT2D eigenvalue weighted by Gasteiger charge is -2.21. The number of nitrogens with two attached hydrogens (primary N) is 1. The Hall–Kier alpha value is -3.26. The summed E-state index contributed by atoms with van der Waals surface area (Å²) < 4.78 is 13.2. The van der Waals surface area contributed by atoms with E-state index in [-0.39, 0.29) is 11.4 Å². The summed E-state index contributed by atoms with van der Waals surface area (Å²) in [4.78, 5) is 38.4. The smallest absolute Gasteiger partial charge is 0.244 e. The highest BCUT2D eigenvalue weighted by Gasteiger charge is 2.63. The molecule has 4 atom stereocenters. The summed E-state index contributed by atoms with van der Waals surface area (Å²) in [5, 5.41) is 23.1. The van der Waals surface area contributed by atoms with E-state index in [4.69, 9.17) is 0 Å². The van der Waals surface area contributed by atoms with Crippen molar-refractivity contribution >= 4 is 23.5 Å². The quantitative estimate of drug-likeness (QED) is 0.678. The van der Waals surface area contributed by atoms with Crippen molar-refractivity contribution in [3.63, 3.8) is 0 Å². The van der Waals surface area contributed by atoms with Gasteiger partial charge in [0.1, 0.15) is 41.5 Å². The van der Waals surface area contributed by atoms with Crippen LogP contribution in [0.3, 0.4) is 0 Å². The lowest BCUT2D eigenvalue weighted by Crippen LogP contribution is -2.92. The van der Waals surface area contributed by atoms with Gasteiger partial charge in [-0.1, -0.05) is 12.1 Å². The first-order valence-electron chi connectivity index (χ1n) is 8.37. The van der Waals surface area contributed by atoms with E-state index in [1.807, 2.05) is 0 Å². The lowest BCUT2D eigenvalue weighted by atomic mass is 9.86. The summed E-state index contributed by atoms with van der Waals surface area (Å²) in [5.74, 6) is -5.41. The fourth-order valence-electron chi connectivity index (χ4n) is 4.07. The number of aromatic hydroxyl groups is 1. The molecule has 8 heteroatoms. The minimum Gasteiger partial charge on any atom is -0.544 e. The summed E-state index contributed by atoms with van der Waals surface area (Å²) in [6, 6.07) is 9.09. The Labute approximate surface area is 153 Å². The SMILES string of the molecule is O=C([O-])[C@@H]1[NH2+][C@H](c2ccccc2O)[C@@H]2C(=O)N(c3ccc(F)cc3)C(=O)[C@@H]21. The second kappa shape index (κ2) is 6.17. The number of halogens is 1. The van der Waals surface area contributed by atoms with Gasteiger partial charge in [0, 0.05) is 0 Å². The molecule has 2 fully saturated rings. The van der Waals surface area contributed by atoms with Gasteiger partial charge in [0.25, 0.3) is 0 Å². The Morgan fingerprint density at radius 3 is 2.30 bits per heavy atom. The maximum absolute atomic E-state index is 13.2. The first kappa shape index (κ1) is 17.2. The molecule has 2 heterocycles. The summed E-state index contributed by atoms with van der Waals surface area (Å²) in [5.41, 5.74) is 0.548. The monoisotopic (exact) mass is 370 g/mol. The number of carboxylic acid groups (broad SMARTS) is 1. The number of nitrogens with zero attached hydrogens (tertiary/aromatic N) is 1. The van der Waals surface area contributed by atoms with E-state index in [9.17, 15) is 29.0 Å². The van der Waals surface area contributed by atoms with Crippen molar-refractivity contribution in [1.82, 2.24) is 0 Å². The van der Waals surface area contributed by atoms with Gasteiger partial charge in [0.2, 0.25) is 11.8 Å². The standard InChI is InChI=1S/C19H15FN2O5/c20-9-5-7-10(8-6-9)22-17(24)13-14(18(22)25)16(19(26)27)21-15(13)11-3-1-2-4-12(11)23/h1-8,13-16,21,23H,(H,26,27)/t13-,14+,15-,16-/m1/s1. The number of rotatable bonds is 3. The van der Waals surface area contributed by atoms with E-state index in [0.717, 1.165) is 17.0 Å². The number of fused-ring (bicyclic) bond motifs is 1. The number of imide groups is 1. The Morgan fingerprint density at radius 2 is 1.67 bits per heavy atom. The first-order valence-corrected chi connectivity index (χ1v) is 8.37. The second-order valence-corrected chi connectivity index (χ2v) is 6.66. The predicted octanol–water partition coefficient (Wildman–Crippen LogP) is -0.926. The van der Waals surface area contributed by atoms with Crippen LogP contribution in [0.1, 0.15) is 11.6 Å². The number of hydrogen-bond acceptors (Lipinski definition) is 5. The maximum atomic E-state index is 13.2. The van der Waals surface area contributed by atoms with Crippen LogP contribution in [0.5, 0.6) is 5.75 Å². The van der Waals surface area contributed by atoms with Gasteiger partial charge in [-0.3, -0.25) is 9.59 Å². The molecule has 2 saturated heterocycles. The molecule has 2 amide bonds. The number of phenolic OH excluding ortho intramolecular Hbond substituents is 1. The number of amides is 2. The summed E-state index contributed by atoms with van der Waals surface area (Å²) in [6.07, 6.45) is 0. The normalized spacial score (nSPS) is 27.1. The first-order chi connectivity index (χ1) is 12.9. The number of aliphatic carboxylic acids is 1. The molecular weight excluding hydrogens is 355 g/mol. The highest BCUT2D eigenvalue weighted by Crippen LogP contribution is 2.43. The zero-order valence-corrected chi connectivity index (χ0v) is 13.9. The van der Waals surface area contributed by atoms with Gasteiger partial charge in [-0.2, -0.15) is 0 Å². The molecule has 2 aromatic carbocycles. The van der Waals surface area contributed by atoms with Crippen LogP contribution in [-0.2, 0) is 14.4 Å². The lowest BCUT2D eigenvalue weighted by molar-refractivity contribution is -0.705. The molecule has 0 aliphatic carbocycles. The van der Waals surface area contributed by atoms with E-state index in [1.54, 1.807) is 18.2 Å². The van der Waals surface area contributed by atoms with Gasteiger partial charge >= 0.3 is 0 Å². The van der Waals surface area contributed by atoms with Crippen molar-refractivity contribution < 1.29 is 34.3 Å². The molecule has 0 spiro atoms. The number of hydrogen-bond donors (Lipinski definition) is 2. The third kappa shape index (κ3) is 2.57. The van der Waals surface area contributed by atoms with Crippen LogP contribution in [0, 0.1) is 17.7 Å². The third-order valence-electron chi connectivity index (χ3n) is 5.24. The zero-order valence-electron chi connectivity index (χ0n) is 13.9. The average Bonchev–Trinajstić information content (AvgIpc) is 3.14. The maximum Gasteiger partial charge on any atom is 0.244 e. The molecule has 4 rings (SSSR count). The second-order valence-electron chi connectivity index (χ2n) is 6.66. The molecule has 2 aliphatic rings. The number of carbonyl (C=O) groups is 3. The molecule has 3 N–H and O–H groups in total. The van der Waals surface area contributed by atoms with Gasteiger partial charge in [-0.25, -0.2) is 9.29 Å². The van der Waals surface area contributed by atoms with Crippen molar-refractivity contribution in [1.29, 1.82) is 0 Å². The van der Waals surface area contributed by atoms with Crippen molar-refractivity contribution in [2.45, 2.75) is 12.1 Å². The van der Waals surface area contributed by atoms with E-state index in [0.29, 0.717) is 5.56 Å². The van der Waals surface area contributed by atoms with E-state index in [1.165, 1.54) is 23.5 Å². The van der Waals surface area contributed by atoms with Gasteiger partial charge in [-0.15, -0.1) is 0 Å². The van der Waals surface area contributed by atoms with Gasteiger partial charge in [0.15, 0.2) is 0 Å². The molecule has 0 radical (unpaired) electrons. The third-order valence-corrected chi connectivity index (χ3v) is 5.24. The van der Waals surface area contributed by atoms with Gasteiger partial charge in [0.05, 0.1) is 11.3 Å². The Morgan fingerprint density at radius 1 is 1.04 bits per heavy atom. The number of carboxylic acids is 1. The molecule has 27 heavy (non-hydrogen) atoms. The number of phenols is 1. The molecule has 0 bridgehead atoms. The molecule has 2 aliphatic heterocycles. The zero-order chi connectivity index (χ0) is 19.3. The Bertz CT molecular complexity index is 945. The summed E-state index contributed by atoms with van der Waals surface area (Å²) >= 11 is 0. The largest absolute Gasteiger partial charge is 0.544 e. The van der Waals surface area contributed by atoms with E-state index < -0.39 is 47.5 Å². The summed E-state index contributed by atoms with van der Waals surface area (Å²) in [6.45, 7) is 0. The van der Waals surface area contributed by atoms with Crippen molar-refractivity contribution in [3.8, 4) is 5.75 Å². The van der Waals surface area contributed by atoms with Gasteiger partial charge in [-0.05, 0) is 36.4 Å². The minimum absolute atomic E-state index is 0.0861. The Balaban J connectivity index is 1.79. The highest BCUT2D eigenvalue weighted by atomic mass is 19.1. The summed E-state index contributed by atoms with van der Waals surface area (Å²) in [7, 11) is 0. The number of quaternary nitrogens is 1. The van der Waals surface area contributed by atoms with Gasteiger partial charge < -0.3 is 20.3 Å². The van der Waals surface area contributed by atoms with Crippen LogP contribution in [0.25, 0.3) is 0 Å². The average molecular weight is 370 g/mol. The van der Waals surface area contributed by atoms with Crippen LogP contribution >= 0.6 is 0 Å². The van der Waals surface area contributed by atoms with E-state index >= 15 is 0 Å². The molecule has 7 nitrogen and oxygen atoms in total. The molecular formula is C19H15FN2O5. The number of anilines is 1. The highest BCUT2D eigenvalue weighted by molar-refractivity contribution is 6.23. The molecule has 0 saturated carbocycles. The number of benzene rings is 2. The van der Waals surface area contributed by atoms with Crippen LogP contribution in [-0.4, -0.2) is 28.9 Å². The fraction of sp³-hybridized carbons (Fsp3) is 0.211. The number of para-hydroxylation sites is 1. The van der Waals surface area contributed by atoms with Crippen molar-refractivity contribution in [2.75, 3.05) is 4.90 Å². The molecule has 2 aromatic rings. The fourth-order valence-corrected chi connectivity index (χ4v) is 4.07. The van der Waals surface area contributed by atoms with Crippen molar-refractivity contribution in [3.05, 3.63) is 59.9 Å². The van der Waals surface area contributed by atoms with Crippen LogP contribution < -0.4 is 15.3 Å². The predicted molar refractivity (Wildman–Crippen MR) is 87.4 cm³/mol. The minimum atomic E-state index is -1.45. The van der Waals surface area contributed by atoms with Crippen molar-refractivity contribution in [2.24, 2.45) is 11.8 Å². The number of carbonyl (C=O) groups excluding carboxylic acids is 3. The van der Waals surface area contributed by atoms with Crippen LogP contribution in [0.15, 0.2) is 48.5 Å².